The second kappa shape index (κ2) is 29.1. The van der Waals surface area contributed by atoms with Crippen LogP contribution in [0.1, 0.15) is 360 Å². The average Bonchev–Trinajstić information content (AvgIpc) is 3.32. The highest BCUT2D eigenvalue weighted by molar-refractivity contribution is 5.08. The van der Waals surface area contributed by atoms with Crippen molar-refractivity contribution < 1.29 is 0 Å². The van der Waals surface area contributed by atoms with E-state index in [4.69, 9.17) is 0 Å². The number of unbranched alkanes of at least 4 members (excludes halogenated alkanes) is 8. The van der Waals surface area contributed by atoms with E-state index in [0.29, 0.717) is 0 Å². The lowest BCUT2D eigenvalue weighted by molar-refractivity contribution is -0.113. The van der Waals surface area contributed by atoms with Crippen molar-refractivity contribution in [2.24, 2.45) is 91.7 Å². The summed E-state index contributed by atoms with van der Waals surface area (Å²) >= 11 is 0. The van der Waals surface area contributed by atoms with Gasteiger partial charge in [0.2, 0.25) is 0 Å². The Bertz CT molecular complexity index is 1300. The standard InChI is InChI=1S/C14H24.C13H22.C12H20.C10H20.C10H22.C8H16.C4H10/c1-3-13-6-11-5-12(7-13)9-14(4-2,8-11)10-13;1-3-13-7-10-4-11(8-13)6-12(2,5-10)9-13;1-11-4-9-3-10(5-11)7-12(2,6-9)8-11;1-3-9-5-7-10(4-2)8-6-9;1-3-5-7-9-10-8-6-4-2;1-7-3-5-8(2)6-4-7;1-3-4-2/h11-12H,3-10H2,1-2H3;10-11H,3-9H2,1-2H3;9-10H,3-8H2,1-2H3;9-10H,3-8H2,1-2H3;3-10H2,1-2H3;7-8H,3-6H2,1-2H3;3-4H2,1-2H3. The molecule has 14 saturated carbocycles. The zero-order valence-corrected chi connectivity index (χ0v) is 51.8. The molecule has 12 bridgehead atoms. The summed E-state index contributed by atoms with van der Waals surface area (Å²) in [4.78, 5) is 0. The minimum Gasteiger partial charge on any atom is -0.0654 e. The molecule has 14 rings (SSSR count). The minimum atomic E-state index is 0.763. The van der Waals surface area contributed by atoms with Crippen LogP contribution in [0, 0.1) is 91.7 Å². The molecule has 2 atom stereocenters. The van der Waals surface area contributed by atoms with Gasteiger partial charge >= 0.3 is 0 Å². The summed E-state index contributed by atoms with van der Waals surface area (Å²) in [5.74, 6) is 10.9. The van der Waals surface area contributed by atoms with Crippen molar-refractivity contribution in [2.45, 2.75) is 360 Å². The van der Waals surface area contributed by atoms with Crippen LogP contribution in [-0.2, 0) is 0 Å². The van der Waals surface area contributed by atoms with E-state index in [0.717, 1.165) is 91.7 Å². The molecule has 14 aliphatic rings. The van der Waals surface area contributed by atoms with Crippen LogP contribution in [-0.4, -0.2) is 0 Å². The Morgan fingerprint density at radius 1 is 0.296 bits per heavy atom. The molecule has 0 aromatic carbocycles. The molecule has 0 N–H and O–H groups in total. The molecule has 71 heavy (non-hydrogen) atoms. The van der Waals surface area contributed by atoms with Crippen LogP contribution in [0.25, 0.3) is 0 Å². The third-order valence-electron chi connectivity index (χ3n) is 23.6. The van der Waals surface area contributed by atoms with E-state index in [2.05, 4.69) is 96.9 Å². The Kier molecular flexibility index (Phi) is 25.4. The quantitative estimate of drug-likeness (QED) is 0.161. The zero-order chi connectivity index (χ0) is 51.8. The molecular formula is C71H134. The molecule has 2 unspecified atom stereocenters. The van der Waals surface area contributed by atoms with Gasteiger partial charge in [-0.3, -0.25) is 0 Å². The van der Waals surface area contributed by atoms with Gasteiger partial charge < -0.3 is 0 Å². The SMILES string of the molecule is CC12CC3CC(C1)CC(C)(C3)C2.CC1CCC(C)CC1.CCC12CC3CC(C1)CC(CC)(C3)C2.CCC12CC3CC(CC(C)(C3)C1)C2.CCC1CCC(CC)CC1.CCCC.CCCCCCCCCC. The van der Waals surface area contributed by atoms with Gasteiger partial charge in [0.25, 0.3) is 0 Å². The fraction of sp³-hybridized carbons (Fsp3) is 1.00. The molecule has 0 aliphatic heterocycles. The predicted octanol–water partition coefficient (Wildman–Crippen LogP) is 24.4. The lowest BCUT2D eigenvalue weighted by atomic mass is 9.43. The third kappa shape index (κ3) is 18.9. The van der Waals surface area contributed by atoms with Crippen molar-refractivity contribution in [3.63, 3.8) is 0 Å². The molecule has 0 aromatic heterocycles. The highest BCUT2D eigenvalue weighted by Gasteiger charge is 2.57. The predicted molar refractivity (Wildman–Crippen MR) is 318 cm³/mol. The maximum atomic E-state index is 2.56. The fourth-order valence-corrected chi connectivity index (χ4v) is 20.7. The van der Waals surface area contributed by atoms with Gasteiger partial charge in [0.05, 0.1) is 0 Å². The molecule has 0 heterocycles. The average molecular weight is 988 g/mol. The van der Waals surface area contributed by atoms with E-state index < -0.39 is 0 Å². The van der Waals surface area contributed by atoms with Gasteiger partial charge in [-0.05, 0) is 207 Å². The Morgan fingerprint density at radius 3 is 0.817 bits per heavy atom. The number of hydrogen-bond donors (Lipinski definition) is 0. The van der Waals surface area contributed by atoms with Crippen LogP contribution in [0.4, 0.5) is 0 Å². The minimum absolute atomic E-state index is 0.763. The van der Waals surface area contributed by atoms with E-state index in [9.17, 15) is 0 Å². The molecule has 0 amide bonds. The summed E-state index contributed by atoms with van der Waals surface area (Å²) in [5, 5.41) is 0. The smallest absolute Gasteiger partial charge is 0.0290 e. The molecule has 0 aromatic rings. The van der Waals surface area contributed by atoms with Crippen molar-refractivity contribution in [1.82, 2.24) is 0 Å². The normalized spacial score (nSPS) is 43.4. The highest BCUT2D eigenvalue weighted by atomic mass is 14.6. The Morgan fingerprint density at radius 2 is 0.563 bits per heavy atom. The van der Waals surface area contributed by atoms with Gasteiger partial charge in [0, 0.05) is 0 Å². The lowest BCUT2D eigenvalue weighted by Gasteiger charge is -2.62. The maximum Gasteiger partial charge on any atom is -0.0290 e. The Balaban J connectivity index is 0.000000157. The summed E-state index contributed by atoms with van der Waals surface area (Å²) in [7, 11) is 0. The molecule has 14 fully saturated rings. The maximum absolute atomic E-state index is 2.56. The van der Waals surface area contributed by atoms with Gasteiger partial charge in [0.1, 0.15) is 0 Å². The molecule has 14 aliphatic carbocycles. The van der Waals surface area contributed by atoms with E-state index in [1.807, 2.05) is 0 Å². The van der Waals surface area contributed by atoms with Gasteiger partial charge in [-0.2, -0.15) is 0 Å². The van der Waals surface area contributed by atoms with Gasteiger partial charge in [-0.15, -0.1) is 0 Å². The molecule has 0 spiro atoms. The third-order valence-corrected chi connectivity index (χ3v) is 23.6. The molecule has 0 nitrogen and oxygen atoms in total. The Hall–Kier alpha value is 0. The van der Waals surface area contributed by atoms with Crippen LogP contribution in [0.5, 0.6) is 0 Å². The summed E-state index contributed by atoms with van der Waals surface area (Å²) in [6.45, 7) is 33.3. The van der Waals surface area contributed by atoms with Gasteiger partial charge in [0.15, 0.2) is 0 Å². The van der Waals surface area contributed by atoms with Gasteiger partial charge in [-0.25, -0.2) is 0 Å². The number of hydrogen-bond acceptors (Lipinski definition) is 0. The van der Waals surface area contributed by atoms with Crippen LogP contribution < -0.4 is 0 Å². The second-order valence-electron chi connectivity index (χ2n) is 31.1. The summed E-state index contributed by atoms with van der Waals surface area (Å²) in [6.07, 6.45) is 61.5. The van der Waals surface area contributed by atoms with Crippen molar-refractivity contribution in [1.29, 1.82) is 0 Å². The topological polar surface area (TPSA) is 0 Å². The van der Waals surface area contributed by atoms with Crippen LogP contribution in [0.2, 0.25) is 0 Å². The first-order chi connectivity index (χ1) is 33.9. The summed E-state index contributed by atoms with van der Waals surface area (Å²) < 4.78 is 0. The first kappa shape index (κ1) is 61.8. The first-order valence-corrected chi connectivity index (χ1v) is 33.9. The molecular weight excluding hydrogens is 853 g/mol. The van der Waals surface area contributed by atoms with E-state index in [-0.39, 0.29) is 0 Å². The van der Waals surface area contributed by atoms with Crippen LogP contribution in [0.3, 0.4) is 0 Å². The van der Waals surface area contributed by atoms with Crippen LogP contribution >= 0.6 is 0 Å². The molecule has 0 saturated heterocycles. The first-order valence-electron chi connectivity index (χ1n) is 33.9. The monoisotopic (exact) mass is 987 g/mol. The molecule has 0 radical (unpaired) electrons. The Labute approximate surface area is 449 Å². The summed E-state index contributed by atoms with van der Waals surface area (Å²) in [6, 6.07) is 0. The number of rotatable bonds is 13. The van der Waals surface area contributed by atoms with Crippen molar-refractivity contribution in [3.05, 3.63) is 0 Å². The van der Waals surface area contributed by atoms with Crippen LogP contribution in [0.15, 0.2) is 0 Å². The van der Waals surface area contributed by atoms with E-state index in [1.165, 1.54) is 154 Å². The van der Waals surface area contributed by atoms with E-state index in [1.54, 1.807) is 109 Å². The molecule has 0 heteroatoms. The summed E-state index contributed by atoms with van der Waals surface area (Å²) in [5.41, 5.74) is 4.71. The highest BCUT2D eigenvalue weighted by Crippen LogP contribution is 2.68. The second-order valence-corrected chi connectivity index (χ2v) is 31.1. The largest absolute Gasteiger partial charge is 0.0654 e. The van der Waals surface area contributed by atoms with E-state index >= 15 is 0 Å². The fourth-order valence-electron chi connectivity index (χ4n) is 20.7. The van der Waals surface area contributed by atoms with Crippen molar-refractivity contribution in [2.75, 3.05) is 0 Å². The lowest BCUT2D eigenvalue weighted by Crippen LogP contribution is -2.51. The van der Waals surface area contributed by atoms with Crippen molar-refractivity contribution in [3.8, 4) is 0 Å². The molecule has 418 valence electrons. The van der Waals surface area contributed by atoms with Crippen molar-refractivity contribution >= 4 is 0 Å². The van der Waals surface area contributed by atoms with Gasteiger partial charge in [-0.1, -0.05) is 245 Å². The zero-order valence-electron chi connectivity index (χ0n) is 51.8.